The molecule has 0 saturated heterocycles. The van der Waals surface area contributed by atoms with Crippen molar-refractivity contribution in [2.45, 2.75) is 13.0 Å². The summed E-state index contributed by atoms with van der Waals surface area (Å²) in [6, 6.07) is 18.2. The summed E-state index contributed by atoms with van der Waals surface area (Å²) < 4.78 is 7.14. The van der Waals surface area contributed by atoms with Gasteiger partial charge in [0.25, 0.3) is 5.91 Å². The number of nitrogens with one attached hydrogen (secondary N) is 2. The first-order valence-corrected chi connectivity index (χ1v) is 11.5. The fourth-order valence-electron chi connectivity index (χ4n) is 3.85. The van der Waals surface area contributed by atoms with E-state index in [1.807, 2.05) is 54.8 Å². The van der Waals surface area contributed by atoms with Crippen LogP contribution in [0.1, 0.15) is 17.8 Å². The molecule has 0 bridgehead atoms. The summed E-state index contributed by atoms with van der Waals surface area (Å²) in [5, 5.41) is 13.5. The second kappa shape index (κ2) is 8.73. The van der Waals surface area contributed by atoms with Crippen molar-refractivity contribution in [2.24, 2.45) is 0 Å². The van der Waals surface area contributed by atoms with Crippen LogP contribution in [0.15, 0.2) is 77.3 Å². The lowest BCUT2D eigenvalue weighted by atomic mass is 10.0. The fraction of sp³-hybridized carbons (Fsp3) is 0.125. The SMILES string of the molecule is COc1ccccc1NC(=O)C1=C(C)Nc2nc(-c3ccccc3Cl)nn2C1c1cccs1. The number of rotatable bonds is 5. The molecule has 0 radical (unpaired) electrons. The molecule has 0 fully saturated rings. The van der Waals surface area contributed by atoms with Gasteiger partial charge in [-0.05, 0) is 42.6 Å². The van der Waals surface area contributed by atoms with Crippen molar-refractivity contribution < 1.29 is 9.53 Å². The number of hydrogen-bond acceptors (Lipinski definition) is 6. The van der Waals surface area contributed by atoms with Gasteiger partial charge in [0.2, 0.25) is 5.95 Å². The van der Waals surface area contributed by atoms with E-state index in [1.54, 1.807) is 41.3 Å². The summed E-state index contributed by atoms with van der Waals surface area (Å²) in [6.07, 6.45) is 0. The molecule has 1 aliphatic rings. The minimum Gasteiger partial charge on any atom is -0.495 e. The molecule has 0 spiro atoms. The molecule has 4 aromatic rings. The number of carbonyl (C=O) groups excluding carboxylic acids is 1. The molecule has 1 aliphatic heterocycles. The van der Waals surface area contributed by atoms with Crippen molar-refractivity contribution in [2.75, 3.05) is 17.7 Å². The summed E-state index contributed by atoms with van der Waals surface area (Å²) in [5.74, 6) is 1.38. The number of amides is 1. The maximum atomic E-state index is 13.5. The van der Waals surface area contributed by atoms with E-state index in [-0.39, 0.29) is 5.91 Å². The maximum absolute atomic E-state index is 13.5. The van der Waals surface area contributed by atoms with Crippen LogP contribution in [0.4, 0.5) is 11.6 Å². The molecule has 33 heavy (non-hydrogen) atoms. The van der Waals surface area contributed by atoms with Crippen LogP contribution in [0, 0.1) is 0 Å². The number of nitrogens with zero attached hydrogens (tertiary/aromatic N) is 3. The highest BCUT2D eigenvalue weighted by molar-refractivity contribution is 7.10. The predicted octanol–water partition coefficient (Wildman–Crippen LogP) is 5.60. The molecular weight excluding hydrogens is 458 g/mol. The fourth-order valence-corrected chi connectivity index (χ4v) is 4.89. The average molecular weight is 478 g/mol. The standard InChI is InChI=1S/C24H20ClN5O2S/c1-14-20(23(31)27-17-10-5-6-11-18(17)32-2)21(19-12-7-13-33-19)30-24(26-14)28-22(29-30)15-8-3-4-9-16(15)25/h3-13,21H,1-2H3,(H,27,31)(H,26,28,29). The van der Waals surface area contributed by atoms with Gasteiger partial charge in [0.1, 0.15) is 11.8 Å². The maximum Gasteiger partial charge on any atom is 0.256 e. The van der Waals surface area contributed by atoms with E-state index >= 15 is 0 Å². The zero-order valence-corrected chi connectivity index (χ0v) is 19.4. The van der Waals surface area contributed by atoms with E-state index in [0.717, 1.165) is 10.4 Å². The Labute approximate surface area is 199 Å². The Morgan fingerprint density at radius 2 is 1.94 bits per heavy atom. The number of allylic oxidation sites excluding steroid dienone is 1. The molecule has 5 rings (SSSR count). The molecule has 0 aliphatic carbocycles. The first kappa shape index (κ1) is 21.2. The van der Waals surface area contributed by atoms with Crippen LogP contribution < -0.4 is 15.4 Å². The van der Waals surface area contributed by atoms with E-state index in [4.69, 9.17) is 21.4 Å². The number of aromatic nitrogens is 3. The molecule has 1 atom stereocenters. The van der Waals surface area contributed by atoms with E-state index in [9.17, 15) is 4.79 Å². The summed E-state index contributed by atoms with van der Waals surface area (Å²) in [7, 11) is 1.57. The second-order valence-corrected chi connectivity index (χ2v) is 8.81. The van der Waals surface area contributed by atoms with Gasteiger partial charge in [0.15, 0.2) is 5.82 Å². The quantitative estimate of drug-likeness (QED) is 0.391. The Kier molecular flexibility index (Phi) is 5.62. The molecule has 2 N–H and O–H groups in total. The molecule has 166 valence electrons. The highest BCUT2D eigenvalue weighted by Crippen LogP contribution is 2.39. The van der Waals surface area contributed by atoms with Crippen LogP contribution >= 0.6 is 22.9 Å². The number of halogens is 1. The smallest absolute Gasteiger partial charge is 0.256 e. The number of anilines is 2. The third-order valence-corrected chi connectivity index (χ3v) is 6.63. The summed E-state index contributed by atoms with van der Waals surface area (Å²) >= 11 is 7.95. The van der Waals surface area contributed by atoms with Crippen LogP contribution in [-0.2, 0) is 4.79 Å². The lowest BCUT2D eigenvalue weighted by molar-refractivity contribution is -0.113. The Bertz CT molecular complexity index is 1360. The van der Waals surface area contributed by atoms with Gasteiger partial charge in [-0.2, -0.15) is 4.98 Å². The third-order valence-electron chi connectivity index (χ3n) is 5.38. The zero-order chi connectivity index (χ0) is 22.9. The van der Waals surface area contributed by atoms with Crippen molar-refractivity contribution in [3.8, 4) is 17.1 Å². The van der Waals surface area contributed by atoms with Gasteiger partial charge in [-0.15, -0.1) is 16.4 Å². The van der Waals surface area contributed by atoms with Gasteiger partial charge >= 0.3 is 0 Å². The number of fused-ring (bicyclic) bond motifs is 1. The van der Waals surface area contributed by atoms with Gasteiger partial charge < -0.3 is 15.4 Å². The normalized spacial score (nSPS) is 15.1. The Morgan fingerprint density at radius 1 is 1.15 bits per heavy atom. The molecule has 3 heterocycles. The minimum atomic E-state index is -0.445. The van der Waals surface area contributed by atoms with Crippen molar-refractivity contribution in [1.82, 2.24) is 14.8 Å². The van der Waals surface area contributed by atoms with Crippen molar-refractivity contribution in [3.63, 3.8) is 0 Å². The Morgan fingerprint density at radius 3 is 2.70 bits per heavy atom. The number of benzene rings is 2. The zero-order valence-electron chi connectivity index (χ0n) is 17.9. The molecule has 9 heteroatoms. The molecular formula is C24H20ClN5O2S. The number of hydrogen-bond donors (Lipinski definition) is 2. The summed E-state index contributed by atoms with van der Waals surface area (Å²) in [4.78, 5) is 19.2. The number of ether oxygens (including phenoxy) is 1. The van der Waals surface area contributed by atoms with Gasteiger partial charge in [-0.3, -0.25) is 4.79 Å². The van der Waals surface area contributed by atoms with Gasteiger partial charge in [0, 0.05) is 16.1 Å². The first-order chi connectivity index (χ1) is 16.1. The molecule has 2 aromatic heterocycles. The third kappa shape index (κ3) is 3.88. The van der Waals surface area contributed by atoms with E-state index in [1.165, 1.54) is 0 Å². The van der Waals surface area contributed by atoms with Crippen LogP contribution in [0.25, 0.3) is 11.4 Å². The van der Waals surface area contributed by atoms with Crippen molar-refractivity contribution in [1.29, 1.82) is 0 Å². The topological polar surface area (TPSA) is 81.1 Å². The molecule has 7 nitrogen and oxygen atoms in total. The molecule has 1 unspecified atom stereocenters. The van der Waals surface area contributed by atoms with E-state index in [0.29, 0.717) is 39.5 Å². The second-order valence-electron chi connectivity index (χ2n) is 7.42. The minimum absolute atomic E-state index is 0.247. The largest absolute Gasteiger partial charge is 0.495 e. The van der Waals surface area contributed by atoms with E-state index in [2.05, 4.69) is 15.6 Å². The Balaban J connectivity index is 1.58. The van der Waals surface area contributed by atoms with Gasteiger partial charge in [0.05, 0.1) is 23.4 Å². The predicted molar refractivity (Wildman–Crippen MR) is 131 cm³/mol. The van der Waals surface area contributed by atoms with Crippen LogP contribution in [0.2, 0.25) is 5.02 Å². The van der Waals surface area contributed by atoms with Crippen molar-refractivity contribution in [3.05, 3.63) is 87.2 Å². The molecule has 0 saturated carbocycles. The van der Waals surface area contributed by atoms with Crippen LogP contribution in [-0.4, -0.2) is 27.8 Å². The van der Waals surface area contributed by atoms with Crippen LogP contribution in [0.5, 0.6) is 5.75 Å². The lowest BCUT2D eigenvalue weighted by Crippen LogP contribution is -2.31. The van der Waals surface area contributed by atoms with Gasteiger partial charge in [-0.1, -0.05) is 41.9 Å². The highest BCUT2D eigenvalue weighted by Gasteiger charge is 2.35. The van der Waals surface area contributed by atoms with E-state index < -0.39 is 6.04 Å². The lowest BCUT2D eigenvalue weighted by Gasteiger charge is -2.27. The van der Waals surface area contributed by atoms with Crippen LogP contribution in [0.3, 0.4) is 0 Å². The average Bonchev–Trinajstić information content (AvgIpc) is 3.49. The number of para-hydroxylation sites is 2. The number of carbonyl (C=O) groups is 1. The van der Waals surface area contributed by atoms with Gasteiger partial charge in [-0.25, -0.2) is 4.68 Å². The summed E-state index contributed by atoms with van der Waals surface area (Å²) in [6.45, 7) is 1.87. The number of thiophene rings is 1. The molecule has 2 aromatic carbocycles. The summed E-state index contributed by atoms with van der Waals surface area (Å²) in [5.41, 5.74) is 2.57. The highest BCUT2D eigenvalue weighted by atomic mass is 35.5. The molecule has 1 amide bonds. The first-order valence-electron chi connectivity index (χ1n) is 10.2. The number of methoxy groups -OCH3 is 1. The monoisotopic (exact) mass is 477 g/mol. The van der Waals surface area contributed by atoms with Crippen molar-refractivity contribution >= 4 is 40.5 Å². The Hall–Kier alpha value is -3.62.